The fraction of sp³-hybridized carbons (Fsp3) is 0.200. The summed E-state index contributed by atoms with van der Waals surface area (Å²) < 4.78 is 5.33. The van der Waals surface area contributed by atoms with Gasteiger partial charge in [-0.05, 0) is 29.7 Å². The van der Waals surface area contributed by atoms with Gasteiger partial charge < -0.3 is 4.74 Å². The summed E-state index contributed by atoms with van der Waals surface area (Å²) in [7, 11) is 1.69. The Labute approximate surface area is 96.7 Å². The van der Waals surface area contributed by atoms with Gasteiger partial charge in [-0.3, -0.25) is 0 Å². The van der Waals surface area contributed by atoms with Crippen molar-refractivity contribution in [1.29, 1.82) is 0 Å². The molecule has 0 saturated carbocycles. The Morgan fingerprint density at radius 2 is 1.88 bits per heavy atom. The van der Waals surface area contributed by atoms with Gasteiger partial charge in [-0.2, -0.15) is 0 Å². The van der Waals surface area contributed by atoms with Crippen LogP contribution < -0.4 is 4.74 Å². The Morgan fingerprint density at radius 1 is 1.12 bits per heavy atom. The molecule has 0 heterocycles. The van der Waals surface area contributed by atoms with E-state index in [1.54, 1.807) is 7.11 Å². The molecule has 0 saturated heterocycles. The molecule has 2 aromatic rings. The van der Waals surface area contributed by atoms with E-state index in [-0.39, 0.29) is 0 Å². The smallest absolute Gasteiger partial charge is 0.127 e. The highest BCUT2D eigenvalue weighted by Crippen LogP contribution is 2.28. The number of rotatable bonds is 3. The molecule has 0 unspecified atom stereocenters. The first-order chi connectivity index (χ1) is 7.85. The molecular weight excluding hydrogens is 196 g/mol. The maximum atomic E-state index is 5.33. The van der Waals surface area contributed by atoms with E-state index in [0.717, 1.165) is 23.3 Å². The molecule has 0 aliphatic carbocycles. The quantitative estimate of drug-likeness (QED) is 0.751. The van der Waals surface area contributed by atoms with E-state index in [4.69, 9.17) is 4.74 Å². The van der Waals surface area contributed by atoms with Crippen molar-refractivity contribution in [1.82, 2.24) is 0 Å². The van der Waals surface area contributed by atoms with Gasteiger partial charge in [0.1, 0.15) is 5.75 Å². The van der Waals surface area contributed by atoms with Crippen LogP contribution in [0.3, 0.4) is 0 Å². The molecule has 0 atom stereocenters. The predicted octanol–water partition coefficient (Wildman–Crippen LogP) is 3.72. The van der Waals surface area contributed by atoms with Gasteiger partial charge in [0.15, 0.2) is 0 Å². The number of hydrogen-bond donors (Lipinski definition) is 0. The summed E-state index contributed by atoms with van der Waals surface area (Å²) in [5, 5.41) is 0. The number of ether oxygens (including phenoxy) is 1. The number of benzene rings is 2. The zero-order chi connectivity index (χ0) is 11.4. The van der Waals surface area contributed by atoms with Crippen molar-refractivity contribution in [2.75, 3.05) is 7.11 Å². The molecule has 0 amide bonds. The Balaban J connectivity index is 2.42. The van der Waals surface area contributed by atoms with Gasteiger partial charge in [-0.15, -0.1) is 0 Å². The van der Waals surface area contributed by atoms with Crippen LogP contribution in [0.15, 0.2) is 42.5 Å². The van der Waals surface area contributed by atoms with E-state index >= 15 is 0 Å². The zero-order valence-corrected chi connectivity index (χ0v) is 9.66. The summed E-state index contributed by atoms with van der Waals surface area (Å²) in [4.78, 5) is 0. The van der Waals surface area contributed by atoms with Gasteiger partial charge in [0, 0.05) is 5.56 Å². The van der Waals surface area contributed by atoms with Crippen LogP contribution in [0, 0.1) is 6.07 Å². The standard InChI is InChI=1S/C15H15O/c1-3-12-8-10-13(11-9-12)14-6-4-5-7-15(14)16-2/h4-5,7-11H,3H2,1-2H3. The first-order valence-corrected chi connectivity index (χ1v) is 5.49. The van der Waals surface area contributed by atoms with Crippen molar-refractivity contribution in [2.45, 2.75) is 13.3 Å². The average Bonchev–Trinajstić information content (AvgIpc) is 2.39. The summed E-state index contributed by atoms with van der Waals surface area (Å²) in [6.07, 6.45) is 1.07. The first-order valence-electron chi connectivity index (χ1n) is 5.49. The molecule has 16 heavy (non-hydrogen) atoms. The van der Waals surface area contributed by atoms with E-state index < -0.39 is 0 Å². The van der Waals surface area contributed by atoms with Crippen molar-refractivity contribution in [3.8, 4) is 16.9 Å². The molecule has 0 aliphatic heterocycles. The average molecular weight is 211 g/mol. The van der Waals surface area contributed by atoms with Gasteiger partial charge in [-0.1, -0.05) is 43.3 Å². The molecule has 0 aliphatic rings. The molecule has 1 heteroatoms. The summed E-state index contributed by atoms with van der Waals surface area (Å²) in [6, 6.07) is 17.5. The molecule has 0 spiro atoms. The topological polar surface area (TPSA) is 9.23 Å². The molecule has 0 aromatic heterocycles. The van der Waals surface area contributed by atoms with Crippen molar-refractivity contribution in [3.05, 3.63) is 54.1 Å². The number of methoxy groups -OCH3 is 1. The third-order valence-electron chi connectivity index (χ3n) is 2.69. The van der Waals surface area contributed by atoms with Gasteiger partial charge in [0.25, 0.3) is 0 Å². The van der Waals surface area contributed by atoms with E-state index in [9.17, 15) is 0 Å². The van der Waals surface area contributed by atoms with Gasteiger partial charge in [0.05, 0.1) is 7.11 Å². The lowest BCUT2D eigenvalue weighted by molar-refractivity contribution is 0.416. The molecule has 2 aromatic carbocycles. The monoisotopic (exact) mass is 211 g/mol. The van der Waals surface area contributed by atoms with Crippen LogP contribution in [-0.4, -0.2) is 7.11 Å². The van der Waals surface area contributed by atoms with Crippen molar-refractivity contribution in [2.24, 2.45) is 0 Å². The molecular formula is C15H15O. The second-order valence-electron chi connectivity index (χ2n) is 3.66. The summed E-state index contributed by atoms with van der Waals surface area (Å²) in [5.41, 5.74) is 3.51. The van der Waals surface area contributed by atoms with Gasteiger partial charge in [-0.25, -0.2) is 0 Å². The first kappa shape index (κ1) is 10.7. The lowest BCUT2D eigenvalue weighted by atomic mass is 10.0. The number of hydrogen-bond acceptors (Lipinski definition) is 1. The van der Waals surface area contributed by atoms with Gasteiger partial charge >= 0.3 is 0 Å². The van der Waals surface area contributed by atoms with E-state index in [2.05, 4.69) is 37.3 Å². The maximum Gasteiger partial charge on any atom is 0.127 e. The number of aryl methyl sites for hydroxylation is 1. The molecule has 1 radical (unpaired) electrons. The van der Waals surface area contributed by atoms with Crippen LogP contribution in [0.4, 0.5) is 0 Å². The van der Waals surface area contributed by atoms with Crippen LogP contribution in [0.1, 0.15) is 12.5 Å². The molecule has 0 N–H and O–H groups in total. The normalized spacial score (nSPS) is 10.1. The Morgan fingerprint density at radius 3 is 2.50 bits per heavy atom. The highest BCUT2D eigenvalue weighted by Gasteiger charge is 2.04. The molecule has 1 nitrogen and oxygen atoms in total. The van der Waals surface area contributed by atoms with Crippen LogP contribution in [-0.2, 0) is 6.42 Å². The largest absolute Gasteiger partial charge is 0.496 e. The third kappa shape index (κ3) is 2.08. The maximum absolute atomic E-state index is 5.33. The van der Waals surface area contributed by atoms with E-state index in [0.29, 0.717) is 0 Å². The Hall–Kier alpha value is -1.76. The van der Waals surface area contributed by atoms with Crippen LogP contribution >= 0.6 is 0 Å². The summed E-state index contributed by atoms with van der Waals surface area (Å²) in [5.74, 6) is 0.867. The minimum absolute atomic E-state index is 0.867. The minimum Gasteiger partial charge on any atom is -0.496 e. The Bertz CT molecular complexity index is 457. The zero-order valence-electron chi connectivity index (χ0n) is 9.66. The van der Waals surface area contributed by atoms with E-state index in [1.807, 2.05) is 18.2 Å². The third-order valence-corrected chi connectivity index (χ3v) is 2.69. The molecule has 0 bridgehead atoms. The highest BCUT2D eigenvalue weighted by molar-refractivity contribution is 5.69. The molecule has 0 fully saturated rings. The van der Waals surface area contributed by atoms with Crippen molar-refractivity contribution < 1.29 is 4.74 Å². The van der Waals surface area contributed by atoms with Gasteiger partial charge in [0.2, 0.25) is 0 Å². The highest BCUT2D eigenvalue weighted by atomic mass is 16.5. The van der Waals surface area contributed by atoms with Crippen LogP contribution in [0.5, 0.6) is 5.75 Å². The summed E-state index contributed by atoms with van der Waals surface area (Å²) in [6.45, 7) is 2.16. The second-order valence-corrected chi connectivity index (χ2v) is 3.66. The molecule has 81 valence electrons. The second kappa shape index (κ2) is 4.84. The molecule has 2 rings (SSSR count). The van der Waals surface area contributed by atoms with Crippen LogP contribution in [0.2, 0.25) is 0 Å². The lowest BCUT2D eigenvalue weighted by Gasteiger charge is -2.08. The fourth-order valence-electron chi connectivity index (χ4n) is 1.72. The Kier molecular flexibility index (Phi) is 3.25. The SMILES string of the molecule is CCc1ccc(-c2[c]cccc2OC)cc1. The van der Waals surface area contributed by atoms with E-state index in [1.165, 1.54) is 5.56 Å². The fourth-order valence-corrected chi connectivity index (χ4v) is 1.72. The minimum atomic E-state index is 0.867. The lowest BCUT2D eigenvalue weighted by Crippen LogP contribution is -1.88. The summed E-state index contributed by atoms with van der Waals surface area (Å²) >= 11 is 0. The van der Waals surface area contributed by atoms with Crippen LogP contribution in [0.25, 0.3) is 11.1 Å². The van der Waals surface area contributed by atoms with Crippen molar-refractivity contribution >= 4 is 0 Å². The van der Waals surface area contributed by atoms with Crippen molar-refractivity contribution in [3.63, 3.8) is 0 Å². The predicted molar refractivity (Wildman–Crippen MR) is 66.6 cm³/mol.